The zero-order chi connectivity index (χ0) is 7.40. The first-order valence-electron chi connectivity index (χ1n) is 2.97. The van der Waals surface area contributed by atoms with Gasteiger partial charge in [-0.2, -0.15) is 15.4 Å². The lowest BCUT2D eigenvalue weighted by molar-refractivity contribution is 0.107. The van der Waals surface area contributed by atoms with Crippen LogP contribution in [0.5, 0.6) is 0 Å². The van der Waals surface area contributed by atoms with E-state index >= 15 is 0 Å². The van der Waals surface area contributed by atoms with Crippen LogP contribution in [0.15, 0.2) is 6.20 Å². The quantitative estimate of drug-likeness (QED) is 0.593. The summed E-state index contributed by atoms with van der Waals surface area (Å²) in [7, 11) is 1.59. The fraction of sp³-hybridized carbons (Fsp3) is 0.600. The van der Waals surface area contributed by atoms with Gasteiger partial charge in [0.25, 0.3) is 0 Å². The standard InChI is InChI=1S/C5H10N4O/c1-10-5(2-6)4-3-7-9-8-4/h3,5H,2,6H2,1H3,(H,7,8,9). The van der Waals surface area contributed by atoms with E-state index in [-0.39, 0.29) is 6.10 Å². The number of nitrogens with one attached hydrogen (secondary N) is 1. The van der Waals surface area contributed by atoms with E-state index in [9.17, 15) is 0 Å². The number of aromatic amines is 1. The zero-order valence-electron chi connectivity index (χ0n) is 5.74. The molecule has 0 spiro atoms. The summed E-state index contributed by atoms with van der Waals surface area (Å²) < 4.78 is 5.00. The van der Waals surface area contributed by atoms with Crippen LogP contribution < -0.4 is 5.73 Å². The van der Waals surface area contributed by atoms with Crippen LogP contribution in [-0.4, -0.2) is 29.1 Å². The third-order valence-electron chi connectivity index (χ3n) is 1.26. The van der Waals surface area contributed by atoms with E-state index in [4.69, 9.17) is 10.5 Å². The highest BCUT2D eigenvalue weighted by molar-refractivity contribution is 4.96. The Kier molecular flexibility index (Phi) is 2.35. The number of ether oxygens (including phenoxy) is 1. The van der Waals surface area contributed by atoms with Crippen molar-refractivity contribution in [3.8, 4) is 0 Å². The van der Waals surface area contributed by atoms with Crippen LogP contribution in [0.4, 0.5) is 0 Å². The molecular weight excluding hydrogens is 132 g/mol. The van der Waals surface area contributed by atoms with Gasteiger partial charge in [-0.25, -0.2) is 0 Å². The Labute approximate surface area is 58.6 Å². The minimum absolute atomic E-state index is 0.140. The van der Waals surface area contributed by atoms with Crippen LogP contribution in [0.25, 0.3) is 0 Å². The van der Waals surface area contributed by atoms with Gasteiger partial charge in [-0.05, 0) is 0 Å². The Morgan fingerprint density at radius 1 is 1.90 bits per heavy atom. The van der Waals surface area contributed by atoms with Crippen LogP contribution in [0.1, 0.15) is 11.8 Å². The molecule has 0 aliphatic rings. The molecule has 5 nitrogen and oxygen atoms in total. The Morgan fingerprint density at radius 2 is 2.70 bits per heavy atom. The van der Waals surface area contributed by atoms with Crippen molar-refractivity contribution >= 4 is 0 Å². The number of hydrogen-bond donors (Lipinski definition) is 2. The highest BCUT2D eigenvalue weighted by Gasteiger charge is 2.09. The van der Waals surface area contributed by atoms with Crippen molar-refractivity contribution < 1.29 is 4.74 Å². The largest absolute Gasteiger partial charge is 0.374 e. The first kappa shape index (κ1) is 7.17. The Bertz CT molecular complexity index is 170. The molecule has 1 aromatic rings. The molecule has 1 heterocycles. The highest BCUT2D eigenvalue weighted by Crippen LogP contribution is 2.08. The van der Waals surface area contributed by atoms with E-state index in [1.807, 2.05) is 0 Å². The molecule has 1 atom stereocenters. The monoisotopic (exact) mass is 142 g/mol. The molecule has 1 aromatic heterocycles. The van der Waals surface area contributed by atoms with E-state index in [2.05, 4.69) is 15.4 Å². The normalized spacial score (nSPS) is 13.4. The first-order valence-corrected chi connectivity index (χ1v) is 2.97. The van der Waals surface area contributed by atoms with Gasteiger partial charge in [0, 0.05) is 13.7 Å². The molecule has 5 heteroatoms. The van der Waals surface area contributed by atoms with Gasteiger partial charge in [-0.15, -0.1) is 0 Å². The second-order valence-electron chi connectivity index (χ2n) is 1.85. The van der Waals surface area contributed by atoms with Gasteiger partial charge in [-0.1, -0.05) is 0 Å². The van der Waals surface area contributed by atoms with Gasteiger partial charge in [-0.3, -0.25) is 0 Å². The summed E-state index contributed by atoms with van der Waals surface area (Å²) in [5, 5.41) is 9.93. The van der Waals surface area contributed by atoms with Gasteiger partial charge >= 0.3 is 0 Å². The topological polar surface area (TPSA) is 76.8 Å². The van der Waals surface area contributed by atoms with Crippen molar-refractivity contribution in [2.24, 2.45) is 5.73 Å². The van der Waals surface area contributed by atoms with Gasteiger partial charge in [0.05, 0.1) is 6.20 Å². The van der Waals surface area contributed by atoms with Crippen LogP contribution in [0.2, 0.25) is 0 Å². The SMILES string of the molecule is COC(CN)c1cn[nH]n1. The minimum Gasteiger partial charge on any atom is -0.374 e. The average Bonchev–Trinajstić information content (AvgIpc) is 2.43. The van der Waals surface area contributed by atoms with Crippen molar-refractivity contribution in [2.75, 3.05) is 13.7 Å². The molecule has 0 saturated carbocycles. The first-order chi connectivity index (χ1) is 4.88. The van der Waals surface area contributed by atoms with Crippen LogP contribution in [0, 0.1) is 0 Å². The third kappa shape index (κ3) is 1.31. The Hall–Kier alpha value is -0.940. The number of hydrogen-bond acceptors (Lipinski definition) is 4. The summed E-state index contributed by atoms with van der Waals surface area (Å²) in [6.45, 7) is 0.420. The van der Waals surface area contributed by atoms with Crippen molar-refractivity contribution in [3.63, 3.8) is 0 Å². The number of nitrogens with two attached hydrogens (primary N) is 1. The predicted molar refractivity (Wildman–Crippen MR) is 35.2 cm³/mol. The lowest BCUT2D eigenvalue weighted by Gasteiger charge is -2.07. The van der Waals surface area contributed by atoms with Crippen molar-refractivity contribution in [1.29, 1.82) is 0 Å². The minimum atomic E-state index is -0.140. The van der Waals surface area contributed by atoms with Crippen LogP contribution in [0.3, 0.4) is 0 Å². The van der Waals surface area contributed by atoms with E-state index < -0.39 is 0 Å². The maximum Gasteiger partial charge on any atom is 0.115 e. The van der Waals surface area contributed by atoms with Gasteiger partial charge in [0.1, 0.15) is 11.8 Å². The Balaban J connectivity index is 2.64. The predicted octanol–water partition coefficient (Wildman–Crippen LogP) is -0.549. The fourth-order valence-electron chi connectivity index (χ4n) is 0.703. The van der Waals surface area contributed by atoms with Gasteiger partial charge in [0.2, 0.25) is 0 Å². The molecule has 0 aliphatic carbocycles. The molecular formula is C5H10N4O. The second-order valence-corrected chi connectivity index (χ2v) is 1.85. The molecule has 0 fully saturated rings. The van der Waals surface area contributed by atoms with Crippen molar-refractivity contribution in [3.05, 3.63) is 11.9 Å². The molecule has 0 aromatic carbocycles. The summed E-state index contributed by atoms with van der Waals surface area (Å²) in [6, 6.07) is 0. The lowest BCUT2D eigenvalue weighted by Crippen LogP contribution is -2.14. The third-order valence-corrected chi connectivity index (χ3v) is 1.26. The molecule has 1 rings (SSSR count). The summed E-state index contributed by atoms with van der Waals surface area (Å²) >= 11 is 0. The molecule has 0 bridgehead atoms. The molecule has 3 N–H and O–H groups in total. The number of methoxy groups -OCH3 is 1. The van der Waals surface area contributed by atoms with E-state index in [1.165, 1.54) is 0 Å². The number of H-pyrrole nitrogens is 1. The van der Waals surface area contributed by atoms with Gasteiger partial charge < -0.3 is 10.5 Å². The van der Waals surface area contributed by atoms with Gasteiger partial charge in [0.15, 0.2) is 0 Å². The molecule has 0 aliphatic heterocycles. The maximum absolute atomic E-state index is 5.37. The molecule has 1 unspecified atom stereocenters. The number of aromatic nitrogens is 3. The van der Waals surface area contributed by atoms with E-state index in [1.54, 1.807) is 13.3 Å². The molecule has 0 amide bonds. The van der Waals surface area contributed by atoms with Crippen molar-refractivity contribution in [2.45, 2.75) is 6.10 Å². The highest BCUT2D eigenvalue weighted by atomic mass is 16.5. The molecule has 10 heavy (non-hydrogen) atoms. The molecule has 0 saturated heterocycles. The van der Waals surface area contributed by atoms with Crippen LogP contribution >= 0.6 is 0 Å². The second kappa shape index (κ2) is 3.28. The smallest absolute Gasteiger partial charge is 0.115 e. The Morgan fingerprint density at radius 3 is 3.10 bits per heavy atom. The fourth-order valence-corrected chi connectivity index (χ4v) is 0.703. The molecule has 0 radical (unpaired) electrons. The number of rotatable bonds is 3. The lowest BCUT2D eigenvalue weighted by atomic mass is 10.3. The summed E-state index contributed by atoms with van der Waals surface area (Å²) in [6.07, 6.45) is 1.46. The summed E-state index contributed by atoms with van der Waals surface area (Å²) in [5.41, 5.74) is 6.11. The van der Waals surface area contributed by atoms with E-state index in [0.29, 0.717) is 6.54 Å². The number of nitrogens with zero attached hydrogens (tertiary/aromatic N) is 2. The summed E-state index contributed by atoms with van der Waals surface area (Å²) in [5.74, 6) is 0. The van der Waals surface area contributed by atoms with Crippen molar-refractivity contribution in [1.82, 2.24) is 15.4 Å². The molecule has 56 valence electrons. The van der Waals surface area contributed by atoms with E-state index in [0.717, 1.165) is 5.69 Å². The summed E-state index contributed by atoms with van der Waals surface area (Å²) in [4.78, 5) is 0. The maximum atomic E-state index is 5.37. The average molecular weight is 142 g/mol. The zero-order valence-corrected chi connectivity index (χ0v) is 5.74. The van der Waals surface area contributed by atoms with Crippen LogP contribution in [-0.2, 0) is 4.74 Å².